The number of hydrogen-bond donors (Lipinski definition) is 1. The van der Waals surface area contributed by atoms with Gasteiger partial charge in [-0.25, -0.2) is 4.99 Å². The van der Waals surface area contributed by atoms with E-state index in [0.29, 0.717) is 12.6 Å². The summed E-state index contributed by atoms with van der Waals surface area (Å²) in [6, 6.07) is 0.585. The smallest absolute Gasteiger partial charge is 0.194 e. The zero-order valence-corrected chi connectivity index (χ0v) is 19.1. The average Bonchev–Trinajstić information content (AvgIpc) is 3.42. The first-order chi connectivity index (χ1) is 15.2. The van der Waals surface area contributed by atoms with Crippen LogP contribution in [-0.4, -0.2) is 120 Å². The predicted molar refractivity (Wildman–Crippen MR) is 119 cm³/mol. The molecule has 0 aromatic carbocycles. The molecule has 0 aliphatic carbocycles. The summed E-state index contributed by atoms with van der Waals surface area (Å²) in [5.41, 5.74) is 0. The van der Waals surface area contributed by atoms with Crippen molar-refractivity contribution in [3.8, 4) is 0 Å². The van der Waals surface area contributed by atoms with E-state index in [9.17, 15) is 0 Å². The van der Waals surface area contributed by atoms with E-state index < -0.39 is 0 Å². The number of likely N-dealkylation sites (tertiary alicyclic amines) is 1. The van der Waals surface area contributed by atoms with Crippen LogP contribution >= 0.6 is 0 Å². The molecule has 10 nitrogen and oxygen atoms in total. The van der Waals surface area contributed by atoms with Crippen LogP contribution in [-0.2, 0) is 23.1 Å². The molecule has 0 spiro atoms. The standard InChI is InChI=1S/C21H38N8O2/c1-18-24-25-20(26(18)2)16-23-21(22-5-3-6-27-8-12-30-13-9-27)29-7-4-19(17-29)28-10-14-31-15-11-28/h19H,3-17H2,1-2H3,(H,22,23). The summed E-state index contributed by atoms with van der Waals surface area (Å²) in [6.07, 6.45) is 2.28. The first-order valence-corrected chi connectivity index (χ1v) is 11.7. The normalized spacial score (nSPS) is 24.1. The summed E-state index contributed by atoms with van der Waals surface area (Å²) < 4.78 is 13.0. The fraction of sp³-hybridized carbons (Fsp3) is 0.857. The third-order valence-corrected chi connectivity index (χ3v) is 6.62. The molecule has 0 amide bonds. The Morgan fingerprint density at radius 2 is 1.81 bits per heavy atom. The van der Waals surface area contributed by atoms with Crippen molar-refractivity contribution in [1.82, 2.24) is 34.8 Å². The number of aromatic nitrogens is 3. The lowest BCUT2D eigenvalue weighted by Gasteiger charge is -2.32. The number of aliphatic imine (C=N–C) groups is 1. The molecule has 3 aliphatic rings. The van der Waals surface area contributed by atoms with E-state index in [-0.39, 0.29) is 0 Å². The van der Waals surface area contributed by atoms with Gasteiger partial charge in [-0.1, -0.05) is 0 Å². The van der Waals surface area contributed by atoms with Crippen LogP contribution in [0.1, 0.15) is 24.5 Å². The van der Waals surface area contributed by atoms with Gasteiger partial charge in [0.1, 0.15) is 12.4 Å². The molecule has 1 unspecified atom stereocenters. The number of ether oxygens (including phenoxy) is 2. The van der Waals surface area contributed by atoms with Crippen molar-refractivity contribution in [1.29, 1.82) is 0 Å². The van der Waals surface area contributed by atoms with Crippen LogP contribution < -0.4 is 5.32 Å². The van der Waals surface area contributed by atoms with E-state index in [1.165, 1.54) is 6.42 Å². The van der Waals surface area contributed by atoms with Crippen LogP contribution in [0.3, 0.4) is 0 Å². The third kappa shape index (κ3) is 6.15. The molecule has 31 heavy (non-hydrogen) atoms. The summed E-state index contributed by atoms with van der Waals surface area (Å²) in [7, 11) is 2.00. The number of nitrogens with one attached hydrogen (secondary N) is 1. The Balaban J connectivity index is 1.33. The molecule has 10 heteroatoms. The van der Waals surface area contributed by atoms with Crippen molar-refractivity contribution in [2.45, 2.75) is 32.4 Å². The Morgan fingerprint density at radius 1 is 1.06 bits per heavy atom. The van der Waals surface area contributed by atoms with Gasteiger partial charge in [0.05, 0.1) is 26.4 Å². The molecule has 3 fully saturated rings. The average molecular weight is 435 g/mol. The number of guanidine groups is 1. The second-order valence-corrected chi connectivity index (χ2v) is 8.63. The molecule has 1 atom stereocenters. The molecule has 0 saturated carbocycles. The van der Waals surface area contributed by atoms with Crippen molar-refractivity contribution in [2.24, 2.45) is 12.0 Å². The number of aryl methyl sites for hydroxylation is 1. The van der Waals surface area contributed by atoms with E-state index in [4.69, 9.17) is 14.5 Å². The van der Waals surface area contributed by atoms with Gasteiger partial charge < -0.3 is 24.3 Å². The summed E-state index contributed by atoms with van der Waals surface area (Å²) in [5, 5.41) is 12.1. The summed E-state index contributed by atoms with van der Waals surface area (Å²) in [6.45, 7) is 14.2. The molecular formula is C21H38N8O2. The minimum absolute atomic E-state index is 0.544. The lowest BCUT2D eigenvalue weighted by atomic mass is 10.2. The highest BCUT2D eigenvalue weighted by Gasteiger charge is 2.30. The maximum Gasteiger partial charge on any atom is 0.194 e. The van der Waals surface area contributed by atoms with Gasteiger partial charge in [-0.05, 0) is 26.3 Å². The van der Waals surface area contributed by atoms with Crippen LogP contribution in [0.15, 0.2) is 4.99 Å². The number of rotatable bonds is 7. The molecule has 1 aromatic heterocycles. The monoisotopic (exact) mass is 434 g/mol. The Bertz CT molecular complexity index is 712. The molecule has 4 heterocycles. The summed E-state index contributed by atoms with van der Waals surface area (Å²) in [4.78, 5) is 12.4. The fourth-order valence-electron chi connectivity index (χ4n) is 4.50. The predicted octanol–water partition coefficient (Wildman–Crippen LogP) is -0.302. The van der Waals surface area contributed by atoms with Gasteiger partial charge in [-0.15, -0.1) is 10.2 Å². The van der Waals surface area contributed by atoms with Gasteiger partial charge in [0, 0.05) is 58.9 Å². The lowest BCUT2D eigenvalue weighted by Crippen LogP contribution is -2.47. The van der Waals surface area contributed by atoms with Crippen molar-refractivity contribution in [2.75, 3.05) is 78.8 Å². The van der Waals surface area contributed by atoms with Crippen LogP contribution in [0.5, 0.6) is 0 Å². The summed E-state index contributed by atoms with van der Waals surface area (Å²) >= 11 is 0. The van der Waals surface area contributed by atoms with E-state index >= 15 is 0 Å². The van der Waals surface area contributed by atoms with Crippen molar-refractivity contribution in [3.63, 3.8) is 0 Å². The Morgan fingerprint density at radius 3 is 2.52 bits per heavy atom. The van der Waals surface area contributed by atoms with Crippen LogP contribution in [0.25, 0.3) is 0 Å². The SMILES string of the molecule is Cc1nnc(CN=C(NCCCN2CCOCC2)N2CCC(N3CCOCC3)C2)n1C. The number of morpholine rings is 2. The van der Waals surface area contributed by atoms with E-state index in [1.807, 2.05) is 18.5 Å². The van der Waals surface area contributed by atoms with E-state index in [1.54, 1.807) is 0 Å². The van der Waals surface area contributed by atoms with Gasteiger partial charge in [-0.3, -0.25) is 9.80 Å². The fourth-order valence-corrected chi connectivity index (χ4v) is 4.50. The number of hydrogen-bond acceptors (Lipinski definition) is 7. The second kappa shape index (κ2) is 11.2. The first kappa shape index (κ1) is 22.4. The molecule has 174 valence electrons. The maximum atomic E-state index is 5.53. The highest BCUT2D eigenvalue weighted by Crippen LogP contribution is 2.17. The Labute approximate surface area is 185 Å². The first-order valence-electron chi connectivity index (χ1n) is 11.7. The van der Waals surface area contributed by atoms with Gasteiger partial charge in [0.15, 0.2) is 11.8 Å². The van der Waals surface area contributed by atoms with Gasteiger partial charge >= 0.3 is 0 Å². The molecule has 0 bridgehead atoms. The van der Waals surface area contributed by atoms with E-state index in [2.05, 4.69) is 30.2 Å². The molecule has 3 saturated heterocycles. The van der Waals surface area contributed by atoms with Gasteiger partial charge in [0.25, 0.3) is 0 Å². The lowest BCUT2D eigenvalue weighted by molar-refractivity contribution is 0.0194. The largest absolute Gasteiger partial charge is 0.379 e. The zero-order chi connectivity index (χ0) is 21.5. The topological polar surface area (TPSA) is 83.3 Å². The Hall–Kier alpha value is -1.75. The van der Waals surface area contributed by atoms with Crippen molar-refractivity contribution < 1.29 is 9.47 Å². The summed E-state index contributed by atoms with van der Waals surface area (Å²) in [5.74, 6) is 2.81. The molecule has 1 N–H and O–H groups in total. The van der Waals surface area contributed by atoms with Crippen molar-refractivity contribution >= 4 is 5.96 Å². The molecule has 4 rings (SSSR count). The molecule has 0 radical (unpaired) electrons. The van der Waals surface area contributed by atoms with Crippen LogP contribution in [0.2, 0.25) is 0 Å². The molecule has 3 aliphatic heterocycles. The van der Waals surface area contributed by atoms with Gasteiger partial charge in [-0.2, -0.15) is 0 Å². The number of nitrogens with zero attached hydrogens (tertiary/aromatic N) is 7. The zero-order valence-electron chi connectivity index (χ0n) is 19.1. The van der Waals surface area contributed by atoms with E-state index in [0.717, 1.165) is 103 Å². The highest BCUT2D eigenvalue weighted by atomic mass is 16.5. The quantitative estimate of drug-likeness (QED) is 0.356. The highest BCUT2D eigenvalue weighted by molar-refractivity contribution is 5.80. The molecular weight excluding hydrogens is 396 g/mol. The molecule has 1 aromatic rings. The van der Waals surface area contributed by atoms with Crippen LogP contribution in [0.4, 0.5) is 0 Å². The third-order valence-electron chi connectivity index (χ3n) is 6.62. The van der Waals surface area contributed by atoms with Crippen molar-refractivity contribution in [3.05, 3.63) is 11.6 Å². The Kier molecular flexibility index (Phi) is 8.12. The second-order valence-electron chi connectivity index (χ2n) is 8.63. The minimum atomic E-state index is 0.544. The van der Waals surface area contributed by atoms with Gasteiger partial charge in [0.2, 0.25) is 0 Å². The maximum absolute atomic E-state index is 5.53. The minimum Gasteiger partial charge on any atom is -0.379 e. The van der Waals surface area contributed by atoms with Crippen LogP contribution in [0, 0.1) is 6.92 Å².